The zero-order valence-electron chi connectivity index (χ0n) is 21.5. The van der Waals surface area contributed by atoms with E-state index in [1.54, 1.807) is 58.2 Å². The second kappa shape index (κ2) is 11.1. The molecular formula is C28H28N6O4. The van der Waals surface area contributed by atoms with Crippen molar-refractivity contribution in [1.29, 1.82) is 5.26 Å². The third kappa shape index (κ3) is 6.72. The highest BCUT2D eigenvalue weighted by Crippen LogP contribution is 2.31. The van der Waals surface area contributed by atoms with Crippen molar-refractivity contribution in [3.05, 3.63) is 83.9 Å². The van der Waals surface area contributed by atoms with E-state index in [4.69, 9.17) is 9.47 Å². The summed E-state index contributed by atoms with van der Waals surface area (Å²) in [6.07, 6.45) is 1.47. The van der Waals surface area contributed by atoms with E-state index in [1.165, 1.54) is 10.9 Å². The number of benzene rings is 2. The lowest BCUT2D eigenvalue weighted by atomic mass is 10.1. The van der Waals surface area contributed by atoms with Crippen LogP contribution in [-0.4, -0.2) is 43.1 Å². The van der Waals surface area contributed by atoms with Crippen LogP contribution in [0.2, 0.25) is 0 Å². The van der Waals surface area contributed by atoms with Crippen molar-refractivity contribution in [1.82, 2.24) is 25.1 Å². The molecule has 1 amide bonds. The van der Waals surface area contributed by atoms with Crippen LogP contribution < -0.4 is 10.1 Å². The summed E-state index contributed by atoms with van der Waals surface area (Å²) in [4.78, 5) is 20.8. The van der Waals surface area contributed by atoms with E-state index in [1.807, 2.05) is 30.3 Å². The predicted molar refractivity (Wildman–Crippen MR) is 140 cm³/mol. The van der Waals surface area contributed by atoms with Crippen LogP contribution in [0.25, 0.3) is 16.9 Å². The van der Waals surface area contributed by atoms with Crippen molar-refractivity contribution in [2.24, 2.45) is 0 Å². The highest BCUT2D eigenvalue weighted by molar-refractivity contribution is 5.67. The van der Waals surface area contributed by atoms with Crippen molar-refractivity contribution in [2.75, 3.05) is 6.54 Å². The van der Waals surface area contributed by atoms with Gasteiger partial charge < -0.3 is 19.9 Å². The first-order valence-corrected chi connectivity index (χ1v) is 11.9. The minimum atomic E-state index is -1.02. The van der Waals surface area contributed by atoms with Crippen LogP contribution in [0.5, 0.6) is 11.6 Å². The van der Waals surface area contributed by atoms with Gasteiger partial charge in [0.1, 0.15) is 17.1 Å². The number of aliphatic hydroxyl groups excluding tert-OH is 1. The molecule has 0 aliphatic heterocycles. The topological polar surface area (TPSA) is 135 Å². The average Bonchev–Trinajstić information content (AvgIpc) is 3.36. The largest absolute Gasteiger partial charge is 0.444 e. The first kappa shape index (κ1) is 26.3. The normalized spacial score (nSPS) is 11.9. The molecule has 10 heteroatoms. The summed E-state index contributed by atoms with van der Waals surface area (Å²) >= 11 is 0. The van der Waals surface area contributed by atoms with E-state index in [-0.39, 0.29) is 6.54 Å². The second-order valence-electron chi connectivity index (χ2n) is 9.52. The molecule has 0 fully saturated rings. The van der Waals surface area contributed by atoms with Crippen molar-refractivity contribution in [3.8, 4) is 34.6 Å². The molecule has 0 saturated carbocycles. The van der Waals surface area contributed by atoms with Gasteiger partial charge in [0.15, 0.2) is 5.75 Å². The second-order valence-corrected chi connectivity index (χ2v) is 9.52. The maximum absolute atomic E-state index is 11.9. The minimum absolute atomic E-state index is 0.0557. The minimum Gasteiger partial charge on any atom is -0.444 e. The number of nitriles is 1. The Kier molecular flexibility index (Phi) is 7.69. The van der Waals surface area contributed by atoms with Crippen molar-refractivity contribution in [3.63, 3.8) is 0 Å². The Bertz CT molecular complexity index is 1470. The molecular weight excluding hydrogens is 484 g/mol. The van der Waals surface area contributed by atoms with E-state index in [9.17, 15) is 15.2 Å². The number of hydrogen-bond acceptors (Lipinski definition) is 8. The van der Waals surface area contributed by atoms with Gasteiger partial charge in [-0.15, -0.1) is 0 Å². The van der Waals surface area contributed by atoms with Crippen molar-refractivity contribution >= 4 is 6.09 Å². The number of ether oxygens (including phenoxy) is 2. The first-order chi connectivity index (χ1) is 18.1. The molecule has 2 aromatic heterocycles. The predicted octanol–water partition coefficient (Wildman–Crippen LogP) is 4.86. The molecule has 2 N–H and O–H groups in total. The molecule has 0 radical (unpaired) electrons. The molecule has 194 valence electrons. The number of carbonyl (C=O) groups excluding carboxylic acids is 1. The Balaban J connectivity index is 1.58. The maximum Gasteiger partial charge on any atom is 0.407 e. The summed E-state index contributed by atoms with van der Waals surface area (Å²) < 4.78 is 12.9. The fourth-order valence-corrected chi connectivity index (χ4v) is 3.57. The summed E-state index contributed by atoms with van der Waals surface area (Å²) in [7, 11) is 0. The summed E-state index contributed by atoms with van der Waals surface area (Å²) in [6, 6.07) is 18.4. The van der Waals surface area contributed by atoms with E-state index < -0.39 is 17.8 Å². The average molecular weight is 513 g/mol. The molecule has 1 atom stereocenters. The van der Waals surface area contributed by atoms with E-state index in [0.717, 1.165) is 5.56 Å². The Morgan fingerprint density at radius 1 is 1.16 bits per heavy atom. The quantitative estimate of drug-likeness (QED) is 0.358. The summed E-state index contributed by atoms with van der Waals surface area (Å²) in [5, 5.41) is 26.9. The van der Waals surface area contributed by atoms with E-state index in [0.29, 0.717) is 40.0 Å². The number of alkyl carbamates (subject to hydrolysis) is 1. The van der Waals surface area contributed by atoms with Crippen LogP contribution in [0.15, 0.2) is 67.0 Å². The van der Waals surface area contributed by atoms with Crippen molar-refractivity contribution in [2.45, 2.75) is 39.4 Å². The molecule has 10 nitrogen and oxygen atoms in total. The van der Waals surface area contributed by atoms with Crippen molar-refractivity contribution < 1.29 is 19.4 Å². The molecule has 4 rings (SSSR count). The van der Waals surface area contributed by atoms with E-state index >= 15 is 0 Å². The lowest BCUT2D eigenvalue weighted by molar-refractivity contribution is 0.0491. The monoisotopic (exact) mass is 512 g/mol. The van der Waals surface area contributed by atoms with Gasteiger partial charge in [0, 0.05) is 29.5 Å². The fraction of sp³-hybridized carbons (Fsp3) is 0.250. The zero-order valence-corrected chi connectivity index (χ0v) is 21.5. The van der Waals surface area contributed by atoms with Gasteiger partial charge in [-0.25, -0.2) is 14.5 Å². The van der Waals surface area contributed by atoms with Crippen LogP contribution >= 0.6 is 0 Å². The van der Waals surface area contributed by atoms with E-state index in [2.05, 4.69) is 26.5 Å². The molecule has 4 aromatic rings. The van der Waals surface area contributed by atoms with Crippen LogP contribution in [-0.2, 0) is 4.74 Å². The first-order valence-electron chi connectivity index (χ1n) is 11.9. The maximum atomic E-state index is 11.9. The van der Waals surface area contributed by atoms with Gasteiger partial charge in [-0.2, -0.15) is 15.3 Å². The number of rotatable bonds is 7. The van der Waals surface area contributed by atoms with Gasteiger partial charge in [-0.05, 0) is 39.8 Å². The lowest BCUT2D eigenvalue weighted by Crippen LogP contribution is -2.34. The third-order valence-electron chi connectivity index (χ3n) is 5.26. The number of aromatic nitrogens is 4. The Hall–Kier alpha value is -4.75. The Morgan fingerprint density at radius 2 is 1.92 bits per heavy atom. The SMILES string of the molecule is Cc1nc(Oc2cc(C#N)ccc2-n2cc([C@@H](O)CNC(=O)OC(C)(C)C)cn2)cc(-c2ccccc2)n1. The molecule has 2 heterocycles. The molecule has 2 aromatic carbocycles. The van der Waals surface area contributed by atoms with Gasteiger partial charge in [0.05, 0.1) is 36.2 Å². The fourth-order valence-electron chi connectivity index (χ4n) is 3.57. The van der Waals surface area contributed by atoms with Gasteiger partial charge in [-0.3, -0.25) is 0 Å². The number of nitrogens with one attached hydrogen (secondary N) is 1. The highest BCUT2D eigenvalue weighted by atomic mass is 16.6. The van der Waals surface area contributed by atoms with Crippen LogP contribution in [0.3, 0.4) is 0 Å². The number of hydrogen-bond donors (Lipinski definition) is 2. The molecule has 38 heavy (non-hydrogen) atoms. The smallest absolute Gasteiger partial charge is 0.407 e. The summed E-state index contributed by atoms with van der Waals surface area (Å²) in [5.41, 5.74) is 2.37. The highest BCUT2D eigenvalue weighted by Gasteiger charge is 2.19. The third-order valence-corrected chi connectivity index (χ3v) is 5.26. The standard InChI is InChI=1S/C28H28N6O4/c1-18-32-22(20-8-6-5-7-9-20)13-26(33-18)37-25-12-19(14-29)10-11-23(25)34-17-21(15-31-34)24(35)16-30-27(36)38-28(2,3)4/h5-13,15,17,24,35H,16H2,1-4H3,(H,30,36)/t24-/m0/s1. The van der Waals surface area contributed by atoms with Gasteiger partial charge >= 0.3 is 6.09 Å². The summed E-state index contributed by atoms with van der Waals surface area (Å²) in [5.74, 6) is 1.18. The van der Waals surface area contributed by atoms with Gasteiger partial charge in [0.25, 0.3) is 0 Å². The Labute approximate surface area is 220 Å². The number of aryl methyl sites for hydroxylation is 1. The number of carbonyl (C=O) groups is 1. The molecule has 0 aliphatic rings. The Morgan fingerprint density at radius 3 is 2.63 bits per heavy atom. The lowest BCUT2D eigenvalue weighted by Gasteiger charge is -2.20. The number of amides is 1. The number of nitrogens with zero attached hydrogens (tertiary/aromatic N) is 5. The van der Waals surface area contributed by atoms with Crippen LogP contribution in [0.1, 0.15) is 43.8 Å². The van der Waals surface area contributed by atoms with Crippen LogP contribution in [0.4, 0.5) is 4.79 Å². The molecule has 0 unspecified atom stereocenters. The molecule has 0 saturated heterocycles. The van der Waals surface area contributed by atoms with Gasteiger partial charge in [0.2, 0.25) is 5.88 Å². The number of aliphatic hydroxyl groups is 1. The van der Waals surface area contributed by atoms with Gasteiger partial charge in [-0.1, -0.05) is 30.3 Å². The molecule has 0 bridgehead atoms. The zero-order chi connectivity index (χ0) is 27.3. The molecule has 0 aliphatic carbocycles. The molecule has 0 spiro atoms. The van der Waals surface area contributed by atoms with Crippen LogP contribution in [0, 0.1) is 18.3 Å². The summed E-state index contributed by atoms with van der Waals surface area (Å²) in [6.45, 7) is 7.00.